The molecule has 0 N–H and O–H groups in total. The van der Waals surface area contributed by atoms with Crippen molar-refractivity contribution in [3.05, 3.63) is 60.2 Å². The summed E-state index contributed by atoms with van der Waals surface area (Å²) in [4.78, 5) is 0. The summed E-state index contributed by atoms with van der Waals surface area (Å²) in [7, 11) is 2.16. The molecule has 4 fully saturated rings. The van der Waals surface area contributed by atoms with E-state index in [9.17, 15) is 0 Å². The fourth-order valence-electron chi connectivity index (χ4n) is 8.27. The van der Waals surface area contributed by atoms with E-state index < -0.39 is 0 Å². The quantitative estimate of drug-likeness (QED) is 0.279. The van der Waals surface area contributed by atoms with E-state index in [4.69, 9.17) is 4.42 Å². The molecule has 4 aliphatic carbocycles. The zero-order valence-corrected chi connectivity index (χ0v) is 18.0. The summed E-state index contributed by atoms with van der Waals surface area (Å²) in [6, 6.07) is 20.4. The van der Waals surface area contributed by atoms with Gasteiger partial charge in [-0.2, -0.15) is 0 Å². The lowest BCUT2D eigenvalue weighted by molar-refractivity contribution is -0.00513. The molecule has 9 rings (SSSR count). The first-order chi connectivity index (χ1) is 15.2. The van der Waals surface area contributed by atoms with Crippen molar-refractivity contribution in [2.75, 3.05) is 0 Å². The normalized spacial score (nSPS) is 29.8. The number of furan rings is 1. The SMILES string of the molecule is Cn1c2ccccc2c2c3oc4ccc(C56CC7CC(CC(C7)C5)C6)cc4c3ccc21. The number of aryl methyl sites for hydroxylation is 1. The number of nitrogens with zero attached hydrogens (tertiary/aromatic N) is 1. The Kier molecular flexibility index (Phi) is 3.02. The van der Waals surface area contributed by atoms with Gasteiger partial charge in [-0.15, -0.1) is 0 Å². The van der Waals surface area contributed by atoms with Crippen LogP contribution in [0.5, 0.6) is 0 Å². The van der Waals surface area contributed by atoms with E-state index in [1.165, 1.54) is 71.1 Å². The van der Waals surface area contributed by atoms with Crippen LogP contribution in [0.2, 0.25) is 0 Å². The molecule has 0 amide bonds. The third-order valence-electron chi connectivity index (χ3n) is 9.16. The summed E-state index contributed by atoms with van der Waals surface area (Å²) in [5.41, 5.74) is 6.60. The van der Waals surface area contributed by atoms with Crippen LogP contribution < -0.4 is 0 Å². The van der Waals surface area contributed by atoms with Crippen LogP contribution in [0.1, 0.15) is 44.1 Å². The molecule has 0 aliphatic heterocycles. The first kappa shape index (κ1) is 16.9. The number of fused-ring (bicyclic) bond motifs is 7. The molecule has 3 aromatic carbocycles. The van der Waals surface area contributed by atoms with Gasteiger partial charge in [0, 0.05) is 28.7 Å². The monoisotopic (exact) mass is 405 g/mol. The minimum atomic E-state index is 0.427. The lowest BCUT2D eigenvalue weighted by Crippen LogP contribution is -2.48. The lowest BCUT2D eigenvalue weighted by atomic mass is 9.48. The number of benzene rings is 3. The van der Waals surface area contributed by atoms with Gasteiger partial charge in [-0.1, -0.05) is 24.3 Å². The maximum Gasteiger partial charge on any atom is 0.145 e. The van der Waals surface area contributed by atoms with Crippen molar-refractivity contribution in [1.82, 2.24) is 4.57 Å². The molecule has 5 aromatic rings. The number of hydrogen-bond donors (Lipinski definition) is 0. The van der Waals surface area contributed by atoms with Gasteiger partial charge in [0.25, 0.3) is 0 Å². The van der Waals surface area contributed by atoms with Gasteiger partial charge in [0.1, 0.15) is 11.2 Å². The van der Waals surface area contributed by atoms with Crippen LogP contribution in [-0.4, -0.2) is 4.57 Å². The smallest absolute Gasteiger partial charge is 0.145 e. The molecule has 0 radical (unpaired) electrons. The standard InChI is InChI=1S/C29H27NO/c1-30-24-5-3-2-4-22(24)27-25(30)8-7-21-23-13-20(6-9-26(23)31-28(21)27)29-14-17-10-18(15-29)12-19(11-17)16-29/h2-9,13,17-19H,10-12,14-16H2,1H3. The Morgan fingerprint density at radius 2 is 1.52 bits per heavy atom. The van der Waals surface area contributed by atoms with Gasteiger partial charge in [-0.25, -0.2) is 0 Å². The molecule has 4 bridgehead atoms. The van der Waals surface area contributed by atoms with E-state index in [-0.39, 0.29) is 0 Å². The van der Waals surface area contributed by atoms with Gasteiger partial charge in [-0.3, -0.25) is 0 Å². The summed E-state index contributed by atoms with van der Waals surface area (Å²) >= 11 is 0. The van der Waals surface area contributed by atoms with E-state index in [1.807, 2.05) is 0 Å². The van der Waals surface area contributed by atoms with Crippen molar-refractivity contribution < 1.29 is 4.42 Å². The Morgan fingerprint density at radius 1 is 0.774 bits per heavy atom. The zero-order chi connectivity index (χ0) is 20.3. The summed E-state index contributed by atoms with van der Waals surface area (Å²) in [5.74, 6) is 2.91. The summed E-state index contributed by atoms with van der Waals surface area (Å²) in [6.07, 6.45) is 8.72. The van der Waals surface area contributed by atoms with Crippen molar-refractivity contribution in [1.29, 1.82) is 0 Å². The van der Waals surface area contributed by atoms with Gasteiger partial charge < -0.3 is 8.98 Å². The highest BCUT2D eigenvalue weighted by molar-refractivity contribution is 6.23. The van der Waals surface area contributed by atoms with E-state index in [0.29, 0.717) is 5.41 Å². The van der Waals surface area contributed by atoms with E-state index in [1.54, 1.807) is 5.56 Å². The molecule has 4 aliphatic rings. The highest BCUT2D eigenvalue weighted by Gasteiger charge is 2.51. The van der Waals surface area contributed by atoms with Crippen LogP contribution >= 0.6 is 0 Å². The molecule has 0 saturated heterocycles. The number of para-hydroxylation sites is 1. The Labute approximate surface area is 181 Å². The molecule has 0 spiro atoms. The summed E-state index contributed by atoms with van der Waals surface area (Å²) in [5, 5.41) is 5.11. The minimum absolute atomic E-state index is 0.427. The molecular formula is C29H27NO. The molecule has 2 nitrogen and oxygen atoms in total. The second-order valence-corrected chi connectivity index (χ2v) is 10.9. The molecular weight excluding hydrogens is 378 g/mol. The molecule has 0 unspecified atom stereocenters. The van der Waals surface area contributed by atoms with Gasteiger partial charge in [0.2, 0.25) is 0 Å². The third-order valence-corrected chi connectivity index (χ3v) is 9.16. The molecule has 31 heavy (non-hydrogen) atoms. The van der Waals surface area contributed by atoms with Gasteiger partial charge in [0.05, 0.1) is 10.9 Å². The Balaban J connectivity index is 1.39. The van der Waals surface area contributed by atoms with Gasteiger partial charge in [0.15, 0.2) is 0 Å². The highest BCUT2D eigenvalue weighted by atomic mass is 16.3. The molecule has 2 aromatic heterocycles. The second-order valence-electron chi connectivity index (χ2n) is 10.9. The van der Waals surface area contributed by atoms with Crippen molar-refractivity contribution in [2.24, 2.45) is 24.8 Å². The second kappa shape index (κ2) is 5.54. The van der Waals surface area contributed by atoms with E-state index in [0.717, 1.165) is 28.9 Å². The van der Waals surface area contributed by atoms with Crippen LogP contribution in [0.4, 0.5) is 0 Å². The minimum Gasteiger partial charge on any atom is -0.455 e. The lowest BCUT2D eigenvalue weighted by Gasteiger charge is -2.57. The largest absolute Gasteiger partial charge is 0.455 e. The van der Waals surface area contributed by atoms with Gasteiger partial charge >= 0.3 is 0 Å². The van der Waals surface area contributed by atoms with Crippen molar-refractivity contribution in [3.63, 3.8) is 0 Å². The van der Waals surface area contributed by atoms with Crippen molar-refractivity contribution in [3.8, 4) is 0 Å². The topological polar surface area (TPSA) is 18.1 Å². The first-order valence-electron chi connectivity index (χ1n) is 12.0. The summed E-state index contributed by atoms with van der Waals surface area (Å²) < 4.78 is 8.84. The predicted octanol–water partition coefficient (Wildman–Crippen LogP) is 7.70. The van der Waals surface area contributed by atoms with Crippen LogP contribution in [-0.2, 0) is 12.5 Å². The molecule has 2 heterocycles. The van der Waals surface area contributed by atoms with Crippen LogP contribution in [0.25, 0.3) is 43.7 Å². The average Bonchev–Trinajstić information content (AvgIpc) is 3.28. The molecule has 154 valence electrons. The molecule has 0 atom stereocenters. The Hall–Kier alpha value is -2.74. The van der Waals surface area contributed by atoms with Crippen LogP contribution in [0.3, 0.4) is 0 Å². The fraction of sp³-hybridized carbons (Fsp3) is 0.379. The first-order valence-corrected chi connectivity index (χ1v) is 12.0. The number of rotatable bonds is 1. The Morgan fingerprint density at radius 3 is 2.29 bits per heavy atom. The maximum absolute atomic E-state index is 6.55. The van der Waals surface area contributed by atoms with E-state index in [2.05, 4.69) is 66.2 Å². The average molecular weight is 406 g/mol. The Bertz CT molecular complexity index is 1500. The van der Waals surface area contributed by atoms with Crippen LogP contribution in [0, 0.1) is 17.8 Å². The highest BCUT2D eigenvalue weighted by Crippen LogP contribution is 2.61. The van der Waals surface area contributed by atoms with Crippen LogP contribution in [0.15, 0.2) is 59.0 Å². The van der Waals surface area contributed by atoms with Gasteiger partial charge in [-0.05, 0) is 97.6 Å². The zero-order valence-electron chi connectivity index (χ0n) is 18.0. The number of aromatic nitrogens is 1. The fourth-order valence-corrected chi connectivity index (χ4v) is 8.27. The predicted molar refractivity (Wildman–Crippen MR) is 128 cm³/mol. The third kappa shape index (κ3) is 2.09. The molecule has 2 heteroatoms. The maximum atomic E-state index is 6.55. The van der Waals surface area contributed by atoms with Crippen molar-refractivity contribution in [2.45, 2.75) is 43.9 Å². The van der Waals surface area contributed by atoms with Crippen molar-refractivity contribution >= 4 is 43.7 Å². The van der Waals surface area contributed by atoms with E-state index >= 15 is 0 Å². The summed E-state index contributed by atoms with van der Waals surface area (Å²) in [6.45, 7) is 0. The number of hydrogen-bond acceptors (Lipinski definition) is 1. The molecule has 4 saturated carbocycles.